The molecular formula is C20H14ClN3S. The number of nitrogens with one attached hydrogen (secondary N) is 1. The minimum atomic E-state index is 0.713. The van der Waals surface area contributed by atoms with E-state index >= 15 is 0 Å². The van der Waals surface area contributed by atoms with Crippen molar-refractivity contribution < 1.29 is 0 Å². The quantitative estimate of drug-likeness (QED) is 0.353. The lowest BCUT2D eigenvalue weighted by atomic mass is 10.0. The number of thiazole rings is 1. The zero-order valence-electron chi connectivity index (χ0n) is 13.2. The monoisotopic (exact) mass is 363 g/mol. The van der Waals surface area contributed by atoms with Crippen LogP contribution in [0, 0.1) is 0 Å². The SMILES string of the molecule is Clc1ccc(C=NNc2nc(-c3cccc4ccccc34)cs2)cc1. The summed E-state index contributed by atoms with van der Waals surface area (Å²) in [4.78, 5) is 4.65. The largest absolute Gasteiger partial charge is 0.253 e. The highest BCUT2D eigenvalue weighted by Crippen LogP contribution is 2.30. The molecule has 0 amide bonds. The van der Waals surface area contributed by atoms with E-state index in [0.29, 0.717) is 5.02 Å². The van der Waals surface area contributed by atoms with Crippen molar-refractivity contribution in [2.75, 3.05) is 5.43 Å². The molecule has 4 rings (SSSR count). The number of aromatic nitrogens is 1. The molecule has 1 heterocycles. The lowest BCUT2D eigenvalue weighted by molar-refractivity contribution is 1.29. The second kappa shape index (κ2) is 7.05. The first-order valence-electron chi connectivity index (χ1n) is 7.78. The molecule has 0 aliphatic carbocycles. The summed E-state index contributed by atoms with van der Waals surface area (Å²) in [5.74, 6) is 0. The maximum atomic E-state index is 5.88. The predicted molar refractivity (Wildman–Crippen MR) is 108 cm³/mol. The summed E-state index contributed by atoms with van der Waals surface area (Å²) in [5.41, 5.74) is 6.04. The summed E-state index contributed by atoms with van der Waals surface area (Å²) < 4.78 is 0. The minimum absolute atomic E-state index is 0.713. The van der Waals surface area contributed by atoms with E-state index in [1.54, 1.807) is 6.21 Å². The van der Waals surface area contributed by atoms with Crippen LogP contribution in [-0.2, 0) is 0 Å². The molecule has 0 unspecified atom stereocenters. The van der Waals surface area contributed by atoms with Crippen molar-refractivity contribution in [1.29, 1.82) is 0 Å². The molecule has 122 valence electrons. The number of anilines is 1. The van der Waals surface area contributed by atoms with Crippen molar-refractivity contribution in [3.05, 3.63) is 82.7 Å². The summed E-state index contributed by atoms with van der Waals surface area (Å²) in [7, 11) is 0. The Morgan fingerprint density at radius 1 is 0.960 bits per heavy atom. The molecule has 3 nitrogen and oxygen atoms in total. The first-order chi connectivity index (χ1) is 12.3. The summed E-state index contributed by atoms with van der Waals surface area (Å²) >= 11 is 7.41. The lowest BCUT2D eigenvalue weighted by Crippen LogP contribution is -1.90. The highest BCUT2D eigenvalue weighted by atomic mass is 35.5. The Hall–Kier alpha value is -2.69. The fourth-order valence-corrected chi connectivity index (χ4v) is 3.39. The van der Waals surface area contributed by atoms with E-state index < -0.39 is 0 Å². The van der Waals surface area contributed by atoms with E-state index in [9.17, 15) is 0 Å². The number of benzene rings is 3. The van der Waals surface area contributed by atoms with Crippen molar-refractivity contribution >= 4 is 45.1 Å². The molecule has 5 heteroatoms. The van der Waals surface area contributed by atoms with Crippen LogP contribution in [0.2, 0.25) is 5.02 Å². The molecule has 0 radical (unpaired) electrons. The zero-order chi connectivity index (χ0) is 17.1. The summed E-state index contributed by atoms with van der Waals surface area (Å²) in [5, 5.41) is 10.2. The van der Waals surface area contributed by atoms with Crippen molar-refractivity contribution in [3.8, 4) is 11.3 Å². The normalized spacial score (nSPS) is 11.2. The van der Waals surface area contributed by atoms with Gasteiger partial charge in [0.15, 0.2) is 0 Å². The number of rotatable bonds is 4. The van der Waals surface area contributed by atoms with Crippen LogP contribution in [0.1, 0.15) is 5.56 Å². The molecule has 0 spiro atoms. The molecule has 0 saturated carbocycles. The molecule has 0 aliphatic rings. The third-order valence-corrected chi connectivity index (χ3v) is 4.81. The zero-order valence-corrected chi connectivity index (χ0v) is 14.8. The van der Waals surface area contributed by atoms with Gasteiger partial charge in [0.1, 0.15) is 0 Å². The highest BCUT2D eigenvalue weighted by Gasteiger charge is 2.07. The predicted octanol–water partition coefficient (Wildman–Crippen LogP) is 6.06. The third-order valence-electron chi connectivity index (χ3n) is 3.81. The van der Waals surface area contributed by atoms with Gasteiger partial charge in [-0.15, -0.1) is 11.3 Å². The average Bonchev–Trinajstić information content (AvgIpc) is 3.12. The van der Waals surface area contributed by atoms with Crippen LogP contribution in [0.5, 0.6) is 0 Å². The molecule has 3 aromatic carbocycles. The second-order valence-electron chi connectivity index (χ2n) is 5.49. The van der Waals surface area contributed by atoms with Gasteiger partial charge in [-0.2, -0.15) is 5.10 Å². The van der Waals surface area contributed by atoms with Crippen LogP contribution >= 0.6 is 22.9 Å². The van der Waals surface area contributed by atoms with Gasteiger partial charge in [0.05, 0.1) is 11.9 Å². The molecule has 4 aromatic rings. The molecule has 0 aliphatic heterocycles. The topological polar surface area (TPSA) is 37.3 Å². The second-order valence-corrected chi connectivity index (χ2v) is 6.78. The third kappa shape index (κ3) is 3.55. The highest BCUT2D eigenvalue weighted by molar-refractivity contribution is 7.14. The molecule has 0 fully saturated rings. The van der Waals surface area contributed by atoms with Gasteiger partial charge in [0.25, 0.3) is 0 Å². The van der Waals surface area contributed by atoms with Crippen molar-refractivity contribution in [2.45, 2.75) is 0 Å². The van der Waals surface area contributed by atoms with E-state index in [1.807, 2.05) is 41.8 Å². The van der Waals surface area contributed by atoms with Gasteiger partial charge in [-0.25, -0.2) is 4.98 Å². The van der Waals surface area contributed by atoms with Crippen LogP contribution < -0.4 is 5.43 Å². The van der Waals surface area contributed by atoms with Gasteiger partial charge < -0.3 is 0 Å². The Bertz CT molecular complexity index is 1030. The van der Waals surface area contributed by atoms with E-state index in [2.05, 4.69) is 45.8 Å². The van der Waals surface area contributed by atoms with E-state index in [-0.39, 0.29) is 0 Å². The minimum Gasteiger partial charge on any atom is -0.253 e. The summed E-state index contributed by atoms with van der Waals surface area (Å²) in [6, 6.07) is 22.1. The first kappa shape index (κ1) is 15.8. The van der Waals surface area contributed by atoms with Crippen LogP contribution in [-0.4, -0.2) is 11.2 Å². The number of halogens is 1. The fraction of sp³-hybridized carbons (Fsp3) is 0. The Morgan fingerprint density at radius 3 is 2.64 bits per heavy atom. The van der Waals surface area contributed by atoms with Crippen LogP contribution in [0.4, 0.5) is 5.13 Å². The smallest absolute Gasteiger partial charge is 0.203 e. The van der Waals surface area contributed by atoms with E-state index in [4.69, 9.17) is 11.6 Å². The van der Waals surface area contributed by atoms with Gasteiger partial charge in [0.2, 0.25) is 5.13 Å². The summed E-state index contributed by atoms with van der Waals surface area (Å²) in [6.07, 6.45) is 1.75. The van der Waals surface area contributed by atoms with Crippen LogP contribution in [0.25, 0.3) is 22.0 Å². The molecule has 1 aromatic heterocycles. The Labute approximate surface area is 154 Å². The van der Waals surface area contributed by atoms with Crippen molar-refractivity contribution in [1.82, 2.24) is 4.98 Å². The molecule has 0 saturated heterocycles. The van der Waals surface area contributed by atoms with Gasteiger partial charge in [-0.05, 0) is 28.5 Å². The molecule has 25 heavy (non-hydrogen) atoms. The van der Waals surface area contributed by atoms with Crippen LogP contribution in [0.15, 0.2) is 77.2 Å². The number of hydrogen-bond acceptors (Lipinski definition) is 4. The molecular weight excluding hydrogens is 350 g/mol. The Kier molecular flexibility index (Phi) is 4.46. The van der Waals surface area contributed by atoms with Gasteiger partial charge in [-0.1, -0.05) is 66.2 Å². The first-order valence-corrected chi connectivity index (χ1v) is 9.04. The Morgan fingerprint density at radius 2 is 1.76 bits per heavy atom. The molecule has 0 atom stereocenters. The standard InChI is InChI=1S/C20H14ClN3S/c21-16-10-8-14(9-11-16)12-22-24-20-23-19(13-25-20)18-7-3-5-15-4-1-2-6-17(15)18/h1-13H,(H,23,24). The van der Waals surface area contributed by atoms with E-state index in [0.717, 1.165) is 22.0 Å². The van der Waals surface area contributed by atoms with Crippen LogP contribution in [0.3, 0.4) is 0 Å². The van der Waals surface area contributed by atoms with Gasteiger partial charge in [0, 0.05) is 16.0 Å². The maximum absolute atomic E-state index is 5.88. The summed E-state index contributed by atoms with van der Waals surface area (Å²) in [6.45, 7) is 0. The number of fused-ring (bicyclic) bond motifs is 1. The molecule has 1 N–H and O–H groups in total. The van der Waals surface area contributed by atoms with Gasteiger partial charge in [-0.3, -0.25) is 5.43 Å². The number of hydrazone groups is 1. The lowest BCUT2D eigenvalue weighted by Gasteiger charge is -2.03. The Balaban J connectivity index is 1.55. The van der Waals surface area contributed by atoms with Gasteiger partial charge >= 0.3 is 0 Å². The van der Waals surface area contributed by atoms with Crippen molar-refractivity contribution in [3.63, 3.8) is 0 Å². The number of nitrogens with zero attached hydrogens (tertiary/aromatic N) is 2. The fourth-order valence-electron chi connectivity index (χ4n) is 2.61. The average molecular weight is 364 g/mol. The molecule has 0 bridgehead atoms. The van der Waals surface area contributed by atoms with Crippen molar-refractivity contribution in [2.24, 2.45) is 5.10 Å². The van der Waals surface area contributed by atoms with E-state index in [1.165, 1.54) is 22.1 Å². The maximum Gasteiger partial charge on any atom is 0.203 e. The number of hydrogen-bond donors (Lipinski definition) is 1.